The van der Waals surface area contributed by atoms with Crippen molar-refractivity contribution in [2.75, 3.05) is 6.54 Å². The Bertz CT molecular complexity index is 546. The van der Waals surface area contributed by atoms with Crippen molar-refractivity contribution in [3.8, 4) is 5.75 Å². The lowest BCUT2D eigenvalue weighted by molar-refractivity contribution is 0.298. The molecule has 2 rings (SSSR count). The number of ether oxygens (including phenoxy) is 1. The summed E-state index contributed by atoms with van der Waals surface area (Å²) in [7, 11) is 0. The predicted molar refractivity (Wildman–Crippen MR) is 85.4 cm³/mol. The van der Waals surface area contributed by atoms with Crippen LogP contribution in [0.2, 0.25) is 0 Å². The summed E-state index contributed by atoms with van der Waals surface area (Å²) < 4.78 is 11.5. The van der Waals surface area contributed by atoms with Crippen LogP contribution in [0.1, 0.15) is 37.7 Å². The molecular weight excluding hydrogens is 262 g/mol. The Morgan fingerprint density at radius 3 is 2.71 bits per heavy atom. The van der Waals surface area contributed by atoms with Crippen LogP contribution < -0.4 is 10.1 Å². The molecule has 3 nitrogen and oxygen atoms in total. The van der Waals surface area contributed by atoms with E-state index in [2.05, 4.69) is 32.2 Å². The van der Waals surface area contributed by atoms with E-state index in [1.54, 1.807) is 6.26 Å². The second-order valence-electron chi connectivity index (χ2n) is 5.64. The highest BCUT2D eigenvalue weighted by Crippen LogP contribution is 2.21. The fraction of sp³-hybridized carbons (Fsp3) is 0.444. The van der Waals surface area contributed by atoms with Crippen LogP contribution in [0.5, 0.6) is 5.75 Å². The monoisotopic (exact) mass is 287 g/mol. The standard InChI is InChI=1S/C18H25NO2/c1-4-15-7-5-6-8-17(15)21-13-16-9-10-20-18(16)12-19-11-14(2)3/h5-10,14,19H,4,11-13H2,1-3H3. The van der Waals surface area contributed by atoms with Crippen molar-refractivity contribution in [1.29, 1.82) is 0 Å². The first kappa shape index (κ1) is 15.6. The molecule has 0 fully saturated rings. The van der Waals surface area contributed by atoms with E-state index >= 15 is 0 Å². The molecule has 0 saturated heterocycles. The fourth-order valence-corrected chi connectivity index (χ4v) is 2.22. The van der Waals surface area contributed by atoms with Crippen LogP contribution in [0, 0.1) is 5.92 Å². The number of hydrogen-bond donors (Lipinski definition) is 1. The molecule has 0 atom stereocenters. The quantitative estimate of drug-likeness (QED) is 0.791. The zero-order valence-electron chi connectivity index (χ0n) is 13.2. The molecule has 0 bridgehead atoms. The summed E-state index contributed by atoms with van der Waals surface area (Å²) in [5.41, 5.74) is 2.35. The van der Waals surface area contributed by atoms with Crippen molar-refractivity contribution in [2.24, 2.45) is 5.92 Å². The summed E-state index contributed by atoms with van der Waals surface area (Å²) in [5, 5.41) is 3.40. The Balaban J connectivity index is 1.93. The van der Waals surface area contributed by atoms with Gasteiger partial charge in [-0.1, -0.05) is 39.0 Å². The third-order valence-corrected chi connectivity index (χ3v) is 3.41. The molecule has 0 aliphatic carbocycles. The average molecular weight is 287 g/mol. The van der Waals surface area contributed by atoms with E-state index in [0.717, 1.165) is 36.6 Å². The van der Waals surface area contributed by atoms with E-state index in [4.69, 9.17) is 9.15 Å². The third-order valence-electron chi connectivity index (χ3n) is 3.41. The Kier molecular flexibility index (Phi) is 5.88. The maximum absolute atomic E-state index is 5.95. The molecule has 0 aliphatic heterocycles. The minimum absolute atomic E-state index is 0.548. The molecule has 0 saturated carbocycles. The molecule has 0 radical (unpaired) electrons. The number of benzene rings is 1. The summed E-state index contributed by atoms with van der Waals surface area (Å²) in [5.74, 6) is 2.56. The van der Waals surface area contributed by atoms with E-state index in [1.807, 2.05) is 24.3 Å². The summed E-state index contributed by atoms with van der Waals surface area (Å²) >= 11 is 0. The second-order valence-corrected chi connectivity index (χ2v) is 5.64. The lowest BCUT2D eigenvalue weighted by atomic mass is 10.1. The van der Waals surface area contributed by atoms with Crippen molar-refractivity contribution in [3.05, 3.63) is 53.5 Å². The van der Waals surface area contributed by atoms with Crippen LogP contribution in [0.25, 0.3) is 0 Å². The van der Waals surface area contributed by atoms with Gasteiger partial charge in [0.1, 0.15) is 18.1 Å². The van der Waals surface area contributed by atoms with Gasteiger partial charge in [0.05, 0.1) is 12.8 Å². The van der Waals surface area contributed by atoms with E-state index < -0.39 is 0 Å². The zero-order chi connectivity index (χ0) is 15.1. The molecule has 21 heavy (non-hydrogen) atoms. The molecule has 0 unspecified atom stereocenters. The normalized spacial score (nSPS) is 11.0. The second kappa shape index (κ2) is 7.89. The molecule has 3 heteroatoms. The molecule has 0 aliphatic rings. The molecule has 0 amide bonds. The van der Waals surface area contributed by atoms with E-state index in [0.29, 0.717) is 12.5 Å². The molecule has 1 heterocycles. The SMILES string of the molecule is CCc1ccccc1OCc1ccoc1CNCC(C)C. The van der Waals surface area contributed by atoms with Gasteiger partial charge >= 0.3 is 0 Å². The highest BCUT2D eigenvalue weighted by molar-refractivity contribution is 5.33. The molecule has 1 N–H and O–H groups in total. The van der Waals surface area contributed by atoms with Crippen molar-refractivity contribution >= 4 is 0 Å². The lowest BCUT2D eigenvalue weighted by Crippen LogP contribution is -2.19. The summed E-state index contributed by atoms with van der Waals surface area (Å²) in [6.07, 6.45) is 2.71. The number of para-hydroxylation sites is 1. The molecular formula is C18H25NO2. The molecule has 1 aromatic heterocycles. The number of aryl methyl sites for hydroxylation is 1. The number of furan rings is 1. The fourth-order valence-electron chi connectivity index (χ4n) is 2.22. The van der Waals surface area contributed by atoms with Crippen LogP contribution in [-0.2, 0) is 19.6 Å². The van der Waals surface area contributed by atoms with E-state index in [1.165, 1.54) is 5.56 Å². The lowest BCUT2D eigenvalue weighted by Gasteiger charge is -2.11. The Morgan fingerprint density at radius 1 is 1.14 bits per heavy atom. The van der Waals surface area contributed by atoms with Crippen LogP contribution in [0.3, 0.4) is 0 Å². The highest BCUT2D eigenvalue weighted by Gasteiger charge is 2.08. The summed E-state index contributed by atoms with van der Waals surface area (Å²) in [6, 6.07) is 10.2. The maximum atomic E-state index is 5.95. The van der Waals surface area contributed by atoms with Gasteiger partial charge in [0.2, 0.25) is 0 Å². The summed E-state index contributed by atoms with van der Waals surface area (Å²) in [6.45, 7) is 8.81. The number of rotatable bonds is 8. The van der Waals surface area contributed by atoms with Crippen LogP contribution in [0.4, 0.5) is 0 Å². The topological polar surface area (TPSA) is 34.4 Å². The van der Waals surface area contributed by atoms with Crippen molar-refractivity contribution in [3.63, 3.8) is 0 Å². The third kappa shape index (κ3) is 4.64. The molecule has 1 aromatic carbocycles. The van der Waals surface area contributed by atoms with Crippen molar-refractivity contribution < 1.29 is 9.15 Å². The number of nitrogens with one attached hydrogen (secondary N) is 1. The maximum Gasteiger partial charge on any atom is 0.124 e. The zero-order valence-corrected chi connectivity index (χ0v) is 13.2. The average Bonchev–Trinajstić information content (AvgIpc) is 2.92. The smallest absolute Gasteiger partial charge is 0.124 e. The Hall–Kier alpha value is -1.74. The molecule has 2 aromatic rings. The van der Waals surface area contributed by atoms with Gasteiger partial charge in [-0.15, -0.1) is 0 Å². The van der Waals surface area contributed by atoms with Crippen molar-refractivity contribution in [1.82, 2.24) is 5.32 Å². The van der Waals surface area contributed by atoms with Crippen LogP contribution in [-0.4, -0.2) is 6.54 Å². The van der Waals surface area contributed by atoms with Gasteiger partial charge in [0, 0.05) is 5.56 Å². The van der Waals surface area contributed by atoms with E-state index in [-0.39, 0.29) is 0 Å². The first-order valence-corrected chi connectivity index (χ1v) is 7.67. The highest BCUT2D eigenvalue weighted by atomic mass is 16.5. The minimum atomic E-state index is 0.548. The van der Waals surface area contributed by atoms with Gasteiger partial charge in [-0.05, 0) is 36.6 Å². The van der Waals surface area contributed by atoms with Crippen LogP contribution >= 0.6 is 0 Å². The van der Waals surface area contributed by atoms with Gasteiger partial charge < -0.3 is 14.5 Å². The van der Waals surface area contributed by atoms with Gasteiger partial charge in [-0.3, -0.25) is 0 Å². The number of hydrogen-bond acceptors (Lipinski definition) is 3. The molecule has 114 valence electrons. The van der Waals surface area contributed by atoms with Gasteiger partial charge in [-0.25, -0.2) is 0 Å². The predicted octanol–water partition coefficient (Wildman–Crippen LogP) is 4.17. The summed E-state index contributed by atoms with van der Waals surface area (Å²) in [4.78, 5) is 0. The minimum Gasteiger partial charge on any atom is -0.488 e. The first-order chi connectivity index (χ1) is 10.2. The van der Waals surface area contributed by atoms with Crippen molar-refractivity contribution in [2.45, 2.75) is 40.3 Å². The van der Waals surface area contributed by atoms with Gasteiger partial charge in [0.25, 0.3) is 0 Å². The van der Waals surface area contributed by atoms with Gasteiger partial charge in [-0.2, -0.15) is 0 Å². The Labute approximate surface area is 127 Å². The van der Waals surface area contributed by atoms with Gasteiger partial charge in [0.15, 0.2) is 0 Å². The largest absolute Gasteiger partial charge is 0.488 e. The van der Waals surface area contributed by atoms with E-state index in [9.17, 15) is 0 Å². The first-order valence-electron chi connectivity index (χ1n) is 7.67. The Morgan fingerprint density at radius 2 is 1.95 bits per heavy atom. The molecule has 0 spiro atoms. The van der Waals surface area contributed by atoms with Crippen LogP contribution in [0.15, 0.2) is 41.0 Å².